The lowest BCUT2D eigenvalue weighted by Gasteiger charge is -2.11. The second kappa shape index (κ2) is 7.67. The molecule has 0 aliphatic rings. The van der Waals surface area contributed by atoms with Gasteiger partial charge in [0.1, 0.15) is 0 Å². The smallest absolute Gasteiger partial charge is 0.478 e. The van der Waals surface area contributed by atoms with Gasteiger partial charge in [-0.25, -0.2) is 13.9 Å². The van der Waals surface area contributed by atoms with Gasteiger partial charge in [-0.2, -0.15) is 4.31 Å². The van der Waals surface area contributed by atoms with Crippen LogP contribution >= 0.6 is 15.6 Å². The second-order valence-electron chi connectivity index (χ2n) is 3.81. The lowest BCUT2D eigenvalue weighted by atomic mass is 10.2. The summed E-state index contributed by atoms with van der Waals surface area (Å²) in [6, 6.07) is 6.75. The molecule has 21 heavy (non-hydrogen) atoms. The molecule has 12 heteroatoms. The van der Waals surface area contributed by atoms with Crippen molar-refractivity contribution in [3.8, 4) is 0 Å². The Kier molecular flexibility index (Phi) is 7.21. The maximum atomic E-state index is 10.5. The Morgan fingerprint density at radius 2 is 1.38 bits per heavy atom. The standard InChI is InChI=1S/C9H11NO2.H4O7P2/c1-10(2)8-5-3-7(4-6-8)9(11)12;1-8(2,3)7-9(4,5)6/h3-6H,1-2H3,(H,11,12);(H2,1,2,3)(H2,4,5,6). The largest absolute Gasteiger partial charge is 0.478 e. The molecule has 0 aliphatic heterocycles. The van der Waals surface area contributed by atoms with Gasteiger partial charge in [-0.05, 0) is 24.3 Å². The summed E-state index contributed by atoms with van der Waals surface area (Å²) >= 11 is 0. The maximum absolute atomic E-state index is 10.5. The minimum atomic E-state index is -5.05. The minimum Gasteiger partial charge on any atom is -0.478 e. The molecule has 0 heterocycles. The summed E-state index contributed by atoms with van der Waals surface area (Å²) in [5.41, 5.74) is 1.32. The fourth-order valence-corrected chi connectivity index (χ4v) is 2.15. The van der Waals surface area contributed by atoms with E-state index in [1.165, 1.54) is 0 Å². The number of phosphoric acid groups is 2. The van der Waals surface area contributed by atoms with Crippen molar-refractivity contribution in [2.75, 3.05) is 19.0 Å². The van der Waals surface area contributed by atoms with Crippen LogP contribution in [0, 0.1) is 0 Å². The highest BCUT2D eigenvalue weighted by atomic mass is 31.3. The summed E-state index contributed by atoms with van der Waals surface area (Å²) in [5.74, 6) is -0.889. The predicted octanol–water partition coefficient (Wildman–Crippen LogP) is 0.639. The Balaban J connectivity index is 0.000000400. The van der Waals surface area contributed by atoms with Gasteiger partial charge in [-0.15, -0.1) is 0 Å². The summed E-state index contributed by atoms with van der Waals surface area (Å²) in [6.45, 7) is 0. The van der Waals surface area contributed by atoms with E-state index >= 15 is 0 Å². The number of aromatic carboxylic acids is 1. The Hall–Kier alpha value is -1.25. The molecule has 5 N–H and O–H groups in total. The average molecular weight is 343 g/mol. The van der Waals surface area contributed by atoms with Crippen molar-refractivity contribution >= 4 is 27.3 Å². The topological polar surface area (TPSA) is 165 Å². The van der Waals surface area contributed by atoms with Crippen molar-refractivity contribution < 1.29 is 42.9 Å². The Morgan fingerprint density at radius 3 is 1.57 bits per heavy atom. The van der Waals surface area contributed by atoms with Crippen molar-refractivity contribution in [3.05, 3.63) is 29.8 Å². The summed E-state index contributed by atoms with van der Waals surface area (Å²) in [5, 5.41) is 8.60. The minimum absolute atomic E-state index is 0.320. The molecule has 0 amide bonds. The lowest BCUT2D eigenvalue weighted by molar-refractivity contribution is 0.0696. The molecule has 0 radical (unpaired) electrons. The molecule has 0 bridgehead atoms. The maximum Gasteiger partial charge on any atom is 0.478 e. The van der Waals surface area contributed by atoms with E-state index in [0.29, 0.717) is 5.56 Å². The highest BCUT2D eigenvalue weighted by Gasteiger charge is 2.27. The van der Waals surface area contributed by atoms with Gasteiger partial charge in [0.2, 0.25) is 0 Å². The Bertz CT molecular complexity index is 539. The van der Waals surface area contributed by atoms with E-state index in [4.69, 9.17) is 24.7 Å². The molecular weight excluding hydrogens is 328 g/mol. The van der Waals surface area contributed by atoms with Gasteiger partial charge >= 0.3 is 21.6 Å². The van der Waals surface area contributed by atoms with Crippen LogP contribution in [0.15, 0.2) is 24.3 Å². The number of carbonyl (C=O) groups is 1. The molecular formula is C9H15NO9P2. The van der Waals surface area contributed by atoms with E-state index < -0.39 is 21.6 Å². The molecule has 1 aromatic carbocycles. The molecule has 1 rings (SSSR count). The molecule has 0 saturated carbocycles. The van der Waals surface area contributed by atoms with E-state index in [2.05, 4.69) is 4.31 Å². The summed E-state index contributed by atoms with van der Waals surface area (Å²) in [7, 11) is -6.28. The summed E-state index contributed by atoms with van der Waals surface area (Å²) < 4.78 is 22.2. The molecule has 0 aromatic heterocycles. The van der Waals surface area contributed by atoms with Crippen LogP contribution in [0.5, 0.6) is 0 Å². The molecule has 0 spiro atoms. The van der Waals surface area contributed by atoms with Crippen molar-refractivity contribution in [2.24, 2.45) is 0 Å². The quantitative estimate of drug-likeness (QED) is 0.490. The van der Waals surface area contributed by atoms with Crippen LogP contribution in [0.4, 0.5) is 5.69 Å². The number of anilines is 1. The molecule has 10 nitrogen and oxygen atoms in total. The summed E-state index contributed by atoms with van der Waals surface area (Å²) in [4.78, 5) is 43.4. The molecule has 0 aliphatic carbocycles. The van der Waals surface area contributed by atoms with Gasteiger partial charge in [0.15, 0.2) is 0 Å². The van der Waals surface area contributed by atoms with Gasteiger partial charge < -0.3 is 29.6 Å². The van der Waals surface area contributed by atoms with Crippen LogP contribution in [-0.4, -0.2) is 44.7 Å². The SMILES string of the molecule is CN(C)c1ccc(C(=O)O)cc1.O=P(O)(O)OP(=O)(O)O. The zero-order valence-electron chi connectivity index (χ0n) is 11.0. The fourth-order valence-electron chi connectivity index (χ4n) is 1.04. The van der Waals surface area contributed by atoms with Gasteiger partial charge in [0.05, 0.1) is 5.56 Å². The molecule has 0 saturated heterocycles. The van der Waals surface area contributed by atoms with Crippen molar-refractivity contribution in [1.29, 1.82) is 0 Å². The number of carboxylic acid groups (broad SMARTS) is 1. The van der Waals surface area contributed by atoms with Gasteiger partial charge in [0.25, 0.3) is 0 Å². The van der Waals surface area contributed by atoms with Gasteiger partial charge in [-0.1, -0.05) is 0 Å². The van der Waals surface area contributed by atoms with Crippen LogP contribution in [-0.2, 0) is 13.4 Å². The average Bonchev–Trinajstić information content (AvgIpc) is 2.24. The van der Waals surface area contributed by atoms with Crippen molar-refractivity contribution in [1.82, 2.24) is 0 Å². The van der Waals surface area contributed by atoms with Crippen molar-refractivity contribution in [2.45, 2.75) is 0 Å². The first-order valence-corrected chi connectivity index (χ1v) is 8.21. The summed E-state index contributed by atoms with van der Waals surface area (Å²) in [6.07, 6.45) is 0. The van der Waals surface area contributed by atoms with E-state index in [1.54, 1.807) is 24.3 Å². The number of hydrogen-bond acceptors (Lipinski definition) is 5. The number of benzene rings is 1. The van der Waals surface area contributed by atoms with E-state index in [1.807, 2.05) is 19.0 Å². The van der Waals surface area contributed by atoms with Crippen LogP contribution in [0.2, 0.25) is 0 Å². The molecule has 1 aromatic rings. The third kappa shape index (κ3) is 10.2. The first-order valence-electron chi connectivity index (χ1n) is 5.15. The number of carboxylic acids is 1. The first-order chi connectivity index (χ1) is 9.32. The highest BCUT2D eigenvalue weighted by molar-refractivity contribution is 7.60. The number of nitrogens with zero attached hydrogens (tertiary/aromatic N) is 1. The molecule has 0 fully saturated rings. The molecule has 120 valence electrons. The van der Waals surface area contributed by atoms with Crippen LogP contribution in [0.25, 0.3) is 0 Å². The van der Waals surface area contributed by atoms with E-state index in [0.717, 1.165) is 5.69 Å². The molecule has 0 atom stereocenters. The fraction of sp³-hybridized carbons (Fsp3) is 0.222. The van der Waals surface area contributed by atoms with Crippen molar-refractivity contribution in [3.63, 3.8) is 0 Å². The van der Waals surface area contributed by atoms with Gasteiger partial charge in [0, 0.05) is 19.8 Å². The Labute approximate surface area is 120 Å². The van der Waals surface area contributed by atoms with E-state index in [-0.39, 0.29) is 0 Å². The number of rotatable bonds is 4. The highest BCUT2D eigenvalue weighted by Crippen LogP contribution is 2.53. The van der Waals surface area contributed by atoms with Crippen LogP contribution in [0.1, 0.15) is 10.4 Å². The first kappa shape index (κ1) is 19.8. The van der Waals surface area contributed by atoms with Gasteiger partial charge in [-0.3, -0.25) is 0 Å². The van der Waals surface area contributed by atoms with E-state index in [9.17, 15) is 13.9 Å². The second-order valence-corrected chi connectivity index (χ2v) is 6.42. The normalized spacial score (nSPS) is 11.3. The van der Waals surface area contributed by atoms with Crippen LogP contribution < -0.4 is 4.90 Å². The third-order valence-electron chi connectivity index (χ3n) is 1.84. The predicted molar refractivity (Wildman–Crippen MR) is 72.9 cm³/mol. The zero-order valence-corrected chi connectivity index (χ0v) is 12.8. The lowest BCUT2D eigenvalue weighted by Crippen LogP contribution is -2.08. The zero-order chi connectivity index (χ0) is 16.8. The third-order valence-corrected chi connectivity index (χ3v) is 3.55. The molecule has 0 unspecified atom stereocenters. The monoisotopic (exact) mass is 343 g/mol. The van der Waals surface area contributed by atoms with Crippen LogP contribution in [0.3, 0.4) is 0 Å². The number of hydrogen-bond donors (Lipinski definition) is 5. The Morgan fingerprint density at radius 1 is 1.00 bits per heavy atom.